The molecule has 0 amide bonds. The second-order valence-electron chi connectivity index (χ2n) is 9.47. The SMILES string of the molecule is c1cc2op(NC3CCCCC3)oc3ccc4c(c3c2c2c1CCCC2)CCCC4. The Hall–Kier alpha value is -1.70. The van der Waals surface area contributed by atoms with Gasteiger partial charge in [0, 0.05) is 16.8 Å². The summed E-state index contributed by atoms with van der Waals surface area (Å²) >= 11 is 0. The van der Waals surface area contributed by atoms with Crippen molar-refractivity contribution in [1.29, 1.82) is 0 Å². The topological polar surface area (TPSA) is 38.3 Å². The highest BCUT2D eigenvalue weighted by atomic mass is 31.1. The molecule has 2 aromatic carbocycles. The Balaban J connectivity index is 1.64. The number of rotatable bonds is 2. The number of benzene rings is 2. The lowest BCUT2D eigenvalue weighted by molar-refractivity contribution is 0.463. The fraction of sp³-hybridized carbons (Fsp3) is 0.538. The lowest BCUT2D eigenvalue weighted by Crippen LogP contribution is -2.20. The summed E-state index contributed by atoms with van der Waals surface area (Å²) in [6, 6.07) is 9.63. The van der Waals surface area contributed by atoms with Crippen LogP contribution >= 0.6 is 8.16 Å². The van der Waals surface area contributed by atoms with Crippen molar-refractivity contribution in [1.82, 2.24) is 0 Å². The molecule has 0 spiro atoms. The minimum Gasteiger partial charge on any atom is -0.408 e. The third-order valence-corrected chi connectivity index (χ3v) is 8.80. The first-order valence-electron chi connectivity index (χ1n) is 12.1. The van der Waals surface area contributed by atoms with Crippen LogP contribution in [-0.4, -0.2) is 6.04 Å². The zero-order valence-corrected chi connectivity index (χ0v) is 18.7. The van der Waals surface area contributed by atoms with E-state index in [0.29, 0.717) is 6.04 Å². The van der Waals surface area contributed by atoms with E-state index in [4.69, 9.17) is 8.39 Å². The molecule has 0 unspecified atom stereocenters. The van der Waals surface area contributed by atoms with E-state index in [9.17, 15) is 0 Å². The Labute approximate surface area is 179 Å². The molecule has 1 aromatic heterocycles. The van der Waals surface area contributed by atoms with Crippen LogP contribution in [0.2, 0.25) is 0 Å². The van der Waals surface area contributed by atoms with Crippen LogP contribution in [-0.2, 0) is 25.7 Å². The molecule has 0 atom stereocenters. The molecule has 1 fully saturated rings. The normalized spacial score (nSPS) is 19.6. The van der Waals surface area contributed by atoms with E-state index >= 15 is 0 Å². The third kappa shape index (κ3) is 3.41. The maximum Gasteiger partial charge on any atom is 0.307 e. The van der Waals surface area contributed by atoms with Gasteiger partial charge in [-0.25, -0.2) is 5.09 Å². The van der Waals surface area contributed by atoms with Crippen molar-refractivity contribution >= 4 is 30.1 Å². The fourth-order valence-electron chi connectivity index (χ4n) is 5.94. The maximum atomic E-state index is 6.63. The lowest BCUT2D eigenvalue weighted by atomic mass is 9.84. The average Bonchev–Trinajstić information content (AvgIpc) is 2.96. The Morgan fingerprint density at radius 3 is 1.73 bits per heavy atom. The maximum absolute atomic E-state index is 6.63. The first-order valence-corrected chi connectivity index (χ1v) is 13.3. The van der Waals surface area contributed by atoms with Gasteiger partial charge in [0.05, 0.1) is 0 Å². The van der Waals surface area contributed by atoms with Crippen molar-refractivity contribution in [3.8, 4) is 0 Å². The standard InChI is InChI=1S/C26H32NO2P/c1-2-10-20(11-3-1)27-30-28-23-16-14-18-8-4-6-12-21(18)25(23)26-22-13-7-5-9-19(22)15-17-24(26)29-30/h14-17,20,27H,1-13H2. The minimum atomic E-state index is -1.17. The van der Waals surface area contributed by atoms with E-state index in [1.54, 1.807) is 0 Å². The quantitative estimate of drug-likeness (QED) is 0.457. The molecule has 1 N–H and O–H groups in total. The molecular formula is C26H32NO2P. The second kappa shape index (κ2) is 8.09. The van der Waals surface area contributed by atoms with Crippen LogP contribution in [0.15, 0.2) is 32.7 Å². The predicted octanol–water partition coefficient (Wildman–Crippen LogP) is 7.92. The summed E-state index contributed by atoms with van der Waals surface area (Å²) in [6.07, 6.45) is 16.4. The monoisotopic (exact) mass is 421 g/mol. The first kappa shape index (κ1) is 19.0. The van der Waals surface area contributed by atoms with Gasteiger partial charge in [-0.2, -0.15) is 0 Å². The molecule has 0 aliphatic heterocycles. The Kier molecular flexibility index (Phi) is 5.13. The molecule has 0 saturated heterocycles. The molecule has 3 nitrogen and oxygen atoms in total. The average molecular weight is 422 g/mol. The highest BCUT2D eigenvalue weighted by Crippen LogP contribution is 2.42. The van der Waals surface area contributed by atoms with Crippen LogP contribution in [0.1, 0.15) is 80.0 Å². The second-order valence-corrected chi connectivity index (χ2v) is 10.6. The summed E-state index contributed by atoms with van der Waals surface area (Å²) in [5.41, 5.74) is 8.18. The summed E-state index contributed by atoms with van der Waals surface area (Å²) in [5.74, 6) is 0. The van der Waals surface area contributed by atoms with Crippen molar-refractivity contribution in [2.45, 2.75) is 89.5 Å². The Morgan fingerprint density at radius 2 is 1.17 bits per heavy atom. The molecule has 1 heterocycles. The number of fused-ring (bicyclic) bond motifs is 7. The van der Waals surface area contributed by atoms with Gasteiger partial charge in [0.2, 0.25) is 0 Å². The van der Waals surface area contributed by atoms with Crippen LogP contribution in [0.25, 0.3) is 21.9 Å². The summed E-state index contributed by atoms with van der Waals surface area (Å²) in [4.78, 5) is 0. The van der Waals surface area contributed by atoms with Crippen molar-refractivity contribution in [2.24, 2.45) is 0 Å². The summed E-state index contributed by atoms with van der Waals surface area (Å²) < 4.78 is 13.3. The molecule has 3 aliphatic carbocycles. The highest BCUT2D eigenvalue weighted by Gasteiger charge is 2.22. The fourth-order valence-corrected chi connectivity index (χ4v) is 7.30. The smallest absolute Gasteiger partial charge is 0.307 e. The van der Waals surface area contributed by atoms with Gasteiger partial charge in [0.15, 0.2) is 0 Å². The van der Waals surface area contributed by atoms with Gasteiger partial charge in [0.25, 0.3) is 0 Å². The molecule has 3 aliphatic rings. The number of hydrogen-bond acceptors (Lipinski definition) is 3. The van der Waals surface area contributed by atoms with Gasteiger partial charge < -0.3 is 8.39 Å². The number of hydrogen-bond donors (Lipinski definition) is 1. The van der Waals surface area contributed by atoms with E-state index in [1.165, 1.54) is 116 Å². The van der Waals surface area contributed by atoms with E-state index in [-0.39, 0.29) is 0 Å². The molecule has 30 heavy (non-hydrogen) atoms. The number of nitrogens with one attached hydrogen (secondary N) is 1. The van der Waals surface area contributed by atoms with Crippen LogP contribution in [0.5, 0.6) is 0 Å². The molecule has 6 rings (SSSR count). The van der Waals surface area contributed by atoms with Crippen LogP contribution in [0.3, 0.4) is 0 Å². The first-order chi connectivity index (χ1) is 14.9. The van der Waals surface area contributed by atoms with Gasteiger partial charge in [-0.1, -0.05) is 31.4 Å². The van der Waals surface area contributed by atoms with E-state index < -0.39 is 8.16 Å². The largest absolute Gasteiger partial charge is 0.408 e. The Bertz CT molecular complexity index is 1050. The molecule has 1 saturated carbocycles. The summed E-state index contributed by atoms with van der Waals surface area (Å²) in [6.45, 7) is 0. The molecule has 0 bridgehead atoms. The van der Waals surface area contributed by atoms with Gasteiger partial charge in [0.1, 0.15) is 11.2 Å². The number of aryl methyl sites for hydroxylation is 4. The third-order valence-electron chi connectivity index (χ3n) is 7.49. The predicted molar refractivity (Wildman–Crippen MR) is 126 cm³/mol. The van der Waals surface area contributed by atoms with Crippen LogP contribution < -0.4 is 5.09 Å². The molecule has 158 valence electrons. The molecule has 3 aromatic rings. The molecule has 0 radical (unpaired) electrons. The summed E-state index contributed by atoms with van der Waals surface area (Å²) in [7, 11) is -1.17. The van der Waals surface area contributed by atoms with Crippen molar-refractivity contribution < 1.29 is 8.39 Å². The van der Waals surface area contributed by atoms with Crippen molar-refractivity contribution in [3.63, 3.8) is 0 Å². The highest BCUT2D eigenvalue weighted by molar-refractivity contribution is 7.38. The van der Waals surface area contributed by atoms with Gasteiger partial charge in [-0.05, 0) is 98.6 Å². The van der Waals surface area contributed by atoms with Gasteiger partial charge in [-0.15, -0.1) is 0 Å². The Morgan fingerprint density at radius 1 is 0.633 bits per heavy atom. The zero-order valence-electron chi connectivity index (χ0n) is 17.8. The van der Waals surface area contributed by atoms with Crippen LogP contribution in [0, 0.1) is 0 Å². The molecular weight excluding hydrogens is 389 g/mol. The lowest BCUT2D eigenvalue weighted by Gasteiger charge is -2.20. The summed E-state index contributed by atoms with van der Waals surface area (Å²) in [5, 5.41) is 6.48. The van der Waals surface area contributed by atoms with Crippen molar-refractivity contribution in [2.75, 3.05) is 5.09 Å². The van der Waals surface area contributed by atoms with Gasteiger partial charge >= 0.3 is 8.16 Å². The van der Waals surface area contributed by atoms with E-state index in [0.717, 1.165) is 11.2 Å². The van der Waals surface area contributed by atoms with Crippen molar-refractivity contribution in [3.05, 3.63) is 46.5 Å². The van der Waals surface area contributed by atoms with Gasteiger partial charge in [-0.3, -0.25) is 0 Å². The van der Waals surface area contributed by atoms with E-state index in [2.05, 4.69) is 29.4 Å². The zero-order chi connectivity index (χ0) is 19.9. The van der Waals surface area contributed by atoms with E-state index in [1.807, 2.05) is 0 Å². The minimum absolute atomic E-state index is 0.519. The van der Waals surface area contributed by atoms with Crippen LogP contribution in [0.4, 0.5) is 0 Å². The molecule has 4 heteroatoms.